The number of ether oxygens (including phenoxy) is 1. The van der Waals surface area contributed by atoms with Crippen molar-refractivity contribution in [2.75, 3.05) is 6.61 Å². The Balaban J connectivity index is 2.60. The summed E-state index contributed by atoms with van der Waals surface area (Å²) in [4.78, 5) is 11.5. The van der Waals surface area contributed by atoms with E-state index in [9.17, 15) is 9.90 Å². The summed E-state index contributed by atoms with van der Waals surface area (Å²) in [5.41, 5.74) is -0.00362. The van der Waals surface area contributed by atoms with E-state index in [4.69, 9.17) is 16.3 Å². The van der Waals surface area contributed by atoms with Gasteiger partial charge in [-0.05, 0) is 26.8 Å². The van der Waals surface area contributed by atoms with Crippen molar-refractivity contribution in [2.45, 2.75) is 26.9 Å². The molecule has 0 fully saturated rings. The van der Waals surface area contributed by atoms with Crippen LogP contribution in [0.4, 0.5) is 0 Å². The summed E-state index contributed by atoms with van der Waals surface area (Å²) < 4.78 is 5.03. The smallest absolute Gasteiger partial charge is 0.311 e. The monoisotopic (exact) mass is 256 g/mol. The zero-order valence-electron chi connectivity index (χ0n) is 10.2. The highest BCUT2D eigenvalue weighted by molar-refractivity contribution is 6.31. The Labute approximate surface area is 106 Å². The molecule has 1 N–H and O–H groups in total. The fourth-order valence-corrected chi connectivity index (χ4v) is 1.47. The van der Waals surface area contributed by atoms with E-state index in [1.54, 1.807) is 45.0 Å². The molecule has 0 saturated carbocycles. The molecule has 1 aromatic rings. The summed E-state index contributed by atoms with van der Waals surface area (Å²) in [6.07, 6.45) is -0.894. The van der Waals surface area contributed by atoms with Crippen LogP contribution in [0.3, 0.4) is 0 Å². The molecule has 1 rings (SSSR count). The van der Waals surface area contributed by atoms with Gasteiger partial charge in [-0.2, -0.15) is 0 Å². The first-order valence-corrected chi connectivity index (χ1v) is 5.80. The van der Waals surface area contributed by atoms with Crippen LogP contribution in [0.2, 0.25) is 5.02 Å². The molecule has 0 aliphatic carbocycles. The maximum atomic E-state index is 11.5. The maximum absolute atomic E-state index is 11.5. The van der Waals surface area contributed by atoms with Gasteiger partial charge < -0.3 is 9.84 Å². The summed E-state index contributed by atoms with van der Waals surface area (Å²) in [6, 6.07) is 6.94. The average Bonchev–Trinajstić information content (AvgIpc) is 2.24. The van der Waals surface area contributed by atoms with Crippen LogP contribution < -0.4 is 0 Å². The van der Waals surface area contributed by atoms with Gasteiger partial charge >= 0.3 is 5.97 Å². The van der Waals surface area contributed by atoms with Crippen molar-refractivity contribution in [3.8, 4) is 0 Å². The third kappa shape index (κ3) is 4.02. The van der Waals surface area contributed by atoms with E-state index < -0.39 is 11.5 Å². The molecule has 0 saturated heterocycles. The van der Waals surface area contributed by atoms with Crippen LogP contribution in [0, 0.1) is 5.41 Å². The summed E-state index contributed by atoms with van der Waals surface area (Å²) in [5, 5.41) is 10.3. The minimum absolute atomic E-state index is 0.0835. The maximum Gasteiger partial charge on any atom is 0.311 e. The van der Waals surface area contributed by atoms with Gasteiger partial charge in [-0.3, -0.25) is 4.79 Å². The van der Waals surface area contributed by atoms with Gasteiger partial charge in [0.15, 0.2) is 0 Å². The zero-order valence-corrected chi connectivity index (χ0v) is 11.0. The number of hydrogen-bond acceptors (Lipinski definition) is 3. The molecule has 0 heterocycles. The van der Waals surface area contributed by atoms with Gasteiger partial charge in [0.1, 0.15) is 12.7 Å². The first-order valence-electron chi connectivity index (χ1n) is 5.42. The van der Waals surface area contributed by atoms with Gasteiger partial charge in [-0.1, -0.05) is 29.8 Å². The topological polar surface area (TPSA) is 46.5 Å². The van der Waals surface area contributed by atoms with Gasteiger partial charge in [0.25, 0.3) is 0 Å². The number of benzene rings is 1. The Hall–Kier alpha value is -1.06. The van der Waals surface area contributed by atoms with Crippen LogP contribution in [-0.4, -0.2) is 17.7 Å². The van der Waals surface area contributed by atoms with Gasteiger partial charge in [-0.25, -0.2) is 0 Å². The molecule has 3 nitrogen and oxygen atoms in total. The lowest BCUT2D eigenvalue weighted by Gasteiger charge is -2.19. The van der Waals surface area contributed by atoms with Gasteiger partial charge in [-0.15, -0.1) is 0 Å². The number of aliphatic hydroxyl groups excluding tert-OH is 1. The molecule has 0 aromatic heterocycles. The number of halogens is 1. The number of carbonyl (C=O) groups is 1. The molecular formula is C13H17ClO3. The predicted octanol–water partition coefficient (Wildman–Crippen LogP) is 2.96. The van der Waals surface area contributed by atoms with Crippen molar-refractivity contribution in [2.24, 2.45) is 5.41 Å². The molecule has 0 amide bonds. The fraction of sp³-hybridized carbons (Fsp3) is 0.462. The second-order valence-corrected chi connectivity index (χ2v) is 5.29. The van der Waals surface area contributed by atoms with E-state index >= 15 is 0 Å². The van der Waals surface area contributed by atoms with Crippen LogP contribution >= 0.6 is 11.6 Å². The molecule has 0 radical (unpaired) electrons. The Morgan fingerprint density at radius 3 is 2.53 bits per heavy atom. The highest BCUT2D eigenvalue weighted by atomic mass is 35.5. The molecule has 0 aliphatic heterocycles. The molecule has 1 atom stereocenters. The van der Waals surface area contributed by atoms with E-state index in [1.807, 2.05) is 0 Å². The molecule has 0 unspecified atom stereocenters. The SMILES string of the molecule is CC(C)(C)C(=O)OC[C@H](O)c1ccccc1Cl. The molecule has 4 heteroatoms. The van der Waals surface area contributed by atoms with E-state index in [-0.39, 0.29) is 12.6 Å². The average molecular weight is 257 g/mol. The minimum atomic E-state index is -0.894. The minimum Gasteiger partial charge on any atom is -0.462 e. The molecular weight excluding hydrogens is 240 g/mol. The summed E-state index contributed by atoms with van der Waals surface area (Å²) in [6.45, 7) is 5.20. The number of hydrogen-bond donors (Lipinski definition) is 1. The van der Waals surface area contributed by atoms with Crippen LogP contribution in [-0.2, 0) is 9.53 Å². The quantitative estimate of drug-likeness (QED) is 0.846. The van der Waals surface area contributed by atoms with Gasteiger partial charge in [0.2, 0.25) is 0 Å². The standard InChI is InChI=1S/C13H17ClO3/c1-13(2,3)12(16)17-8-11(15)9-6-4-5-7-10(9)14/h4-7,11,15H,8H2,1-3H3/t11-/m0/s1. The van der Waals surface area contributed by atoms with E-state index in [1.165, 1.54) is 0 Å². The number of carbonyl (C=O) groups excluding carboxylic acids is 1. The predicted molar refractivity (Wildman–Crippen MR) is 66.8 cm³/mol. The Morgan fingerprint density at radius 2 is 2.00 bits per heavy atom. The van der Waals surface area contributed by atoms with E-state index in [0.717, 1.165) is 0 Å². The lowest BCUT2D eigenvalue weighted by molar-refractivity contribution is -0.156. The van der Waals surface area contributed by atoms with Gasteiger partial charge in [0, 0.05) is 10.6 Å². The van der Waals surface area contributed by atoms with Crippen LogP contribution in [0.25, 0.3) is 0 Å². The highest BCUT2D eigenvalue weighted by Gasteiger charge is 2.24. The number of rotatable bonds is 3. The highest BCUT2D eigenvalue weighted by Crippen LogP contribution is 2.23. The van der Waals surface area contributed by atoms with Crippen molar-refractivity contribution >= 4 is 17.6 Å². The van der Waals surface area contributed by atoms with Crippen molar-refractivity contribution < 1.29 is 14.6 Å². The van der Waals surface area contributed by atoms with Crippen molar-refractivity contribution in [3.05, 3.63) is 34.9 Å². The third-order valence-electron chi connectivity index (χ3n) is 2.25. The Morgan fingerprint density at radius 1 is 1.41 bits per heavy atom. The number of aliphatic hydroxyl groups is 1. The fourth-order valence-electron chi connectivity index (χ4n) is 1.21. The van der Waals surface area contributed by atoms with Crippen molar-refractivity contribution in [1.82, 2.24) is 0 Å². The molecule has 17 heavy (non-hydrogen) atoms. The molecule has 0 bridgehead atoms. The van der Waals surface area contributed by atoms with E-state index in [2.05, 4.69) is 0 Å². The first kappa shape index (κ1) is 14.0. The second kappa shape index (κ2) is 5.52. The molecule has 94 valence electrons. The van der Waals surface area contributed by atoms with Gasteiger partial charge in [0.05, 0.1) is 5.41 Å². The van der Waals surface area contributed by atoms with Crippen LogP contribution in [0.1, 0.15) is 32.4 Å². The van der Waals surface area contributed by atoms with Crippen LogP contribution in [0.15, 0.2) is 24.3 Å². The second-order valence-electron chi connectivity index (χ2n) is 4.89. The zero-order chi connectivity index (χ0) is 13.1. The summed E-state index contributed by atoms with van der Waals surface area (Å²) >= 11 is 5.92. The van der Waals surface area contributed by atoms with E-state index in [0.29, 0.717) is 10.6 Å². The normalized spacial score (nSPS) is 13.2. The molecule has 1 aromatic carbocycles. The van der Waals surface area contributed by atoms with Crippen LogP contribution in [0.5, 0.6) is 0 Å². The lowest BCUT2D eigenvalue weighted by atomic mass is 9.97. The number of esters is 1. The molecule has 0 spiro atoms. The van der Waals surface area contributed by atoms with Crippen molar-refractivity contribution in [3.63, 3.8) is 0 Å². The Kier molecular flexibility index (Phi) is 4.54. The first-order chi connectivity index (χ1) is 7.82. The third-order valence-corrected chi connectivity index (χ3v) is 2.59. The van der Waals surface area contributed by atoms with Crippen molar-refractivity contribution in [1.29, 1.82) is 0 Å². The molecule has 0 aliphatic rings. The Bertz CT molecular complexity index is 396. The summed E-state index contributed by atoms with van der Waals surface area (Å²) in [5.74, 6) is -0.344. The summed E-state index contributed by atoms with van der Waals surface area (Å²) in [7, 11) is 0. The lowest BCUT2D eigenvalue weighted by Crippen LogP contribution is -2.25. The largest absolute Gasteiger partial charge is 0.462 e.